The molecule has 9 heteroatoms. The van der Waals surface area contributed by atoms with Crippen LogP contribution in [0, 0.1) is 4.91 Å². The highest BCUT2D eigenvalue weighted by atomic mass is 16.6. The zero-order valence-corrected chi connectivity index (χ0v) is 9.91. The number of azo groups is 1. The molecule has 0 aliphatic rings. The molecule has 0 aromatic heterocycles. The summed E-state index contributed by atoms with van der Waals surface area (Å²) in [6.07, 6.45) is 0. The number of aliphatic carboxylic acids is 2. The summed E-state index contributed by atoms with van der Waals surface area (Å²) in [5.41, 5.74) is -2.79. The third-order valence-electron chi connectivity index (χ3n) is 1.60. The van der Waals surface area contributed by atoms with Crippen LogP contribution in [0.4, 0.5) is 0 Å². The Balaban J connectivity index is 0. The predicted molar refractivity (Wildman–Crippen MR) is 55.9 cm³/mol. The van der Waals surface area contributed by atoms with Crippen LogP contribution >= 0.6 is 0 Å². The van der Waals surface area contributed by atoms with Crippen LogP contribution in [-0.2, 0) is 9.59 Å². The Bertz CT molecular complexity index is 295. The van der Waals surface area contributed by atoms with Crippen molar-refractivity contribution in [1.29, 1.82) is 0 Å². The van der Waals surface area contributed by atoms with E-state index in [4.69, 9.17) is 20.3 Å². The molecule has 9 nitrogen and oxygen atoms in total. The minimum atomic E-state index is -1.40. The molecule has 0 radical (unpaired) electrons. The Morgan fingerprint density at radius 2 is 1.06 bits per heavy atom. The molecule has 0 aliphatic heterocycles. The minimum absolute atomic E-state index is 1.15. The van der Waals surface area contributed by atoms with Crippen LogP contribution in [0.15, 0.2) is 15.6 Å². The second kappa shape index (κ2) is 6.51. The van der Waals surface area contributed by atoms with Gasteiger partial charge >= 0.3 is 11.9 Å². The van der Waals surface area contributed by atoms with Crippen molar-refractivity contribution >= 4 is 11.9 Å². The monoisotopic (exact) mass is 249 g/mol. The Morgan fingerprint density at radius 1 is 0.882 bits per heavy atom. The van der Waals surface area contributed by atoms with Crippen LogP contribution in [0.25, 0.3) is 0 Å². The molecule has 0 saturated heterocycles. The first-order chi connectivity index (χ1) is 7.51. The number of carbonyl (C=O) groups is 2. The van der Waals surface area contributed by atoms with Crippen molar-refractivity contribution in [2.75, 3.05) is 0 Å². The van der Waals surface area contributed by atoms with E-state index in [2.05, 4.69) is 10.2 Å². The van der Waals surface area contributed by atoms with Crippen molar-refractivity contribution in [2.45, 2.75) is 38.8 Å². The smallest absolute Gasteiger partial charge is 0.332 e. The Labute approximate surface area is 97.1 Å². The number of hydrogen-bond donors (Lipinski definition) is 3. The molecule has 0 saturated carbocycles. The van der Waals surface area contributed by atoms with Crippen molar-refractivity contribution in [1.82, 2.24) is 0 Å². The third kappa shape index (κ3) is 6.93. The largest absolute Gasteiger partial charge is 0.479 e. The molecule has 98 valence electrons. The summed E-state index contributed by atoms with van der Waals surface area (Å²) in [5, 5.41) is 32.2. The van der Waals surface area contributed by atoms with Crippen LogP contribution in [0.2, 0.25) is 0 Å². The Kier molecular flexibility index (Phi) is 6.64. The number of carboxylic acids is 2. The first-order valence-corrected chi connectivity index (χ1v) is 4.39. The van der Waals surface area contributed by atoms with Crippen molar-refractivity contribution in [3.63, 3.8) is 0 Å². The van der Waals surface area contributed by atoms with Crippen LogP contribution in [0.3, 0.4) is 0 Å². The average Bonchev–Trinajstić information content (AvgIpc) is 2.16. The maximum atomic E-state index is 10.6. The standard InChI is InChI=1S/C8H14N2O4.HNO2/c1-7(2,5(11)12)9-10-8(3,4)6(13)14;2-1-3/h1-4H3,(H,11,12)(H,13,14);(H,2,3)/b10-9+;. The molecule has 0 bridgehead atoms. The molecular formula is C8H15N3O6. The first kappa shape index (κ1) is 17.3. The summed E-state index contributed by atoms with van der Waals surface area (Å²) in [6.45, 7) is 5.38. The topological polar surface area (TPSA) is 149 Å². The molecule has 0 unspecified atom stereocenters. The Hall–Kier alpha value is -2.06. The third-order valence-corrected chi connectivity index (χ3v) is 1.60. The number of carboxylic acid groups (broad SMARTS) is 2. The number of hydrogen-bond acceptors (Lipinski definition) is 6. The molecule has 17 heavy (non-hydrogen) atoms. The van der Waals surface area contributed by atoms with Crippen molar-refractivity contribution in [3.8, 4) is 0 Å². The van der Waals surface area contributed by atoms with Crippen LogP contribution in [-0.4, -0.2) is 38.4 Å². The van der Waals surface area contributed by atoms with Crippen molar-refractivity contribution < 1.29 is 25.0 Å². The first-order valence-electron chi connectivity index (χ1n) is 4.39. The number of rotatable bonds is 4. The lowest BCUT2D eigenvalue weighted by molar-refractivity contribution is -0.144. The van der Waals surface area contributed by atoms with E-state index in [9.17, 15) is 9.59 Å². The van der Waals surface area contributed by atoms with E-state index >= 15 is 0 Å². The average molecular weight is 249 g/mol. The van der Waals surface area contributed by atoms with Crippen molar-refractivity contribution in [3.05, 3.63) is 4.91 Å². The van der Waals surface area contributed by atoms with Gasteiger partial charge < -0.3 is 15.4 Å². The van der Waals surface area contributed by atoms with Crippen LogP contribution in [0.1, 0.15) is 27.7 Å². The summed E-state index contributed by atoms with van der Waals surface area (Å²) < 4.78 is 0. The second-order valence-electron chi connectivity index (χ2n) is 4.01. The molecule has 0 fully saturated rings. The zero-order chi connectivity index (χ0) is 14.3. The van der Waals surface area contributed by atoms with Gasteiger partial charge in [-0.3, -0.25) is 0 Å². The fourth-order valence-electron chi connectivity index (χ4n) is 0.336. The molecule has 0 spiro atoms. The highest BCUT2D eigenvalue weighted by Gasteiger charge is 2.31. The molecular weight excluding hydrogens is 234 g/mol. The summed E-state index contributed by atoms with van der Waals surface area (Å²) in [7, 11) is 0. The van der Waals surface area contributed by atoms with E-state index in [1.54, 1.807) is 0 Å². The maximum absolute atomic E-state index is 10.6. The van der Waals surface area contributed by atoms with Crippen molar-refractivity contribution in [2.24, 2.45) is 15.6 Å². The maximum Gasteiger partial charge on any atom is 0.332 e. The summed E-state index contributed by atoms with van der Waals surface area (Å²) in [4.78, 5) is 29.3. The minimum Gasteiger partial charge on any atom is -0.479 e. The lowest BCUT2D eigenvalue weighted by Crippen LogP contribution is -2.32. The van der Waals surface area contributed by atoms with E-state index in [1.165, 1.54) is 33.0 Å². The zero-order valence-electron chi connectivity index (χ0n) is 9.91. The number of nitrogens with zero attached hydrogens (tertiary/aromatic N) is 3. The van der Waals surface area contributed by atoms with Gasteiger partial charge in [0.05, 0.1) is 0 Å². The van der Waals surface area contributed by atoms with Crippen LogP contribution in [0.5, 0.6) is 0 Å². The van der Waals surface area contributed by atoms with E-state index in [1.807, 2.05) is 0 Å². The molecule has 3 N–H and O–H groups in total. The summed E-state index contributed by atoms with van der Waals surface area (Å²) in [5.74, 6) is -2.30. The van der Waals surface area contributed by atoms with Crippen LogP contribution < -0.4 is 0 Å². The molecule has 0 aromatic carbocycles. The van der Waals surface area contributed by atoms with Gasteiger partial charge in [0, 0.05) is 0 Å². The predicted octanol–water partition coefficient (Wildman–Crippen LogP) is 1.31. The highest BCUT2D eigenvalue weighted by molar-refractivity contribution is 5.79. The van der Waals surface area contributed by atoms with Gasteiger partial charge in [-0.25, -0.2) is 9.59 Å². The van der Waals surface area contributed by atoms with Gasteiger partial charge in [0.1, 0.15) is 0 Å². The SMILES string of the molecule is CC(C)(/N=N/C(C)(C)C(=O)O)C(=O)O.O=NO. The normalized spacial score (nSPS) is 11.5. The highest BCUT2D eigenvalue weighted by Crippen LogP contribution is 2.15. The fraction of sp³-hybridized carbons (Fsp3) is 0.750. The molecule has 0 aromatic rings. The molecule has 0 aliphatic carbocycles. The lowest BCUT2D eigenvalue weighted by atomic mass is 10.1. The van der Waals surface area contributed by atoms with Gasteiger partial charge in [0.25, 0.3) is 0 Å². The summed E-state index contributed by atoms with van der Waals surface area (Å²) >= 11 is 0. The van der Waals surface area contributed by atoms with E-state index in [0.717, 1.165) is 0 Å². The van der Waals surface area contributed by atoms with Gasteiger partial charge in [-0.1, -0.05) is 0 Å². The Morgan fingerprint density at radius 3 is 1.18 bits per heavy atom. The fourth-order valence-corrected chi connectivity index (χ4v) is 0.336. The molecule has 0 heterocycles. The van der Waals surface area contributed by atoms with E-state index in [0.29, 0.717) is 0 Å². The summed E-state index contributed by atoms with van der Waals surface area (Å²) in [6, 6.07) is 0. The molecule has 0 amide bonds. The van der Waals surface area contributed by atoms with Gasteiger partial charge in [-0.15, -0.1) is 4.91 Å². The quantitative estimate of drug-likeness (QED) is 0.388. The van der Waals surface area contributed by atoms with E-state index in [-0.39, 0.29) is 0 Å². The second-order valence-corrected chi connectivity index (χ2v) is 4.01. The van der Waals surface area contributed by atoms with Gasteiger partial charge in [-0.05, 0) is 27.7 Å². The van der Waals surface area contributed by atoms with Gasteiger partial charge in [0.2, 0.25) is 0 Å². The lowest BCUT2D eigenvalue weighted by Gasteiger charge is -2.16. The molecule has 0 atom stereocenters. The van der Waals surface area contributed by atoms with Gasteiger partial charge in [-0.2, -0.15) is 10.2 Å². The van der Waals surface area contributed by atoms with Gasteiger partial charge in [0.15, 0.2) is 16.4 Å². The molecule has 0 rings (SSSR count). The van der Waals surface area contributed by atoms with E-state index < -0.39 is 23.0 Å².